The van der Waals surface area contributed by atoms with Gasteiger partial charge in [0, 0.05) is 136 Å². The van der Waals surface area contributed by atoms with Gasteiger partial charge in [0.15, 0.2) is 15.0 Å². The van der Waals surface area contributed by atoms with E-state index in [9.17, 15) is 0 Å². The van der Waals surface area contributed by atoms with E-state index >= 15 is 0 Å². The van der Waals surface area contributed by atoms with Crippen LogP contribution in [0.15, 0.2) is 54.9 Å². The van der Waals surface area contributed by atoms with E-state index < -0.39 is 30.0 Å². The largest absolute Gasteiger partial charge is 0.245 e. The molecule has 18 heteroatoms. The second-order valence-electron chi connectivity index (χ2n) is 21.8. The third-order valence-corrected chi connectivity index (χ3v) is 33.8. The summed E-state index contributed by atoms with van der Waals surface area (Å²) in [5, 5.41) is 2.53. The maximum Gasteiger partial charge on any atom is 0.218 e. The lowest BCUT2D eigenvalue weighted by Gasteiger charge is -2.49. The topological polar surface area (TPSA) is 81.8 Å². The quantitative estimate of drug-likeness (QED) is 0.171. The summed E-state index contributed by atoms with van der Waals surface area (Å²) in [6.45, 7) is 23.0. The van der Waals surface area contributed by atoms with Crippen molar-refractivity contribution in [3.8, 4) is 0 Å². The highest BCUT2D eigenvalue weighted by molar-refractivity contribution is 7.72. The minimum absolute atomic E-state index is 1.10. The second-order valence-corrected chi connectivity index (χ2v) is 33.6. The molecule has 0 atom stereocenters. The Bertz CT molecular complexity index is 1990. The lowest BCUT2D eigenvalue weighted by molar-refractivity contribution is 0.383. The van der Waals surface area contributed by atoms with Crippen molar-refractivity contribution in [1.29, 1.82) is 0 Å². The van der Waals surface area contributed by atoms with Crippen LogP contribution >= 0.6 is 30.0 Å². The normalized spacial score (nSPS) is 27.1. The first-order valence-corrected chi connectivity index (χ1v) is 34.6. The van der Waals surface area contributed by atoms with E-state index in [1.165, 1.54) is 218 Å². The first-order valence-electron chi connectivity index (χ1n) is 28.2. The molecule has 376 valence electrons. The molecule has 10 saturated heterocycles. The Hall–Kier alpha value is -0.780. The fraction of sp³-hybridized carbons (Fsp3) is 0.800. The van der Waals surface area contributed by atoms with Crippen molar-refractivity contribution in [2.45, 2.75) is 128 Å². The van der Waals surface area contributed by atoms with Gasteiger partial charge in [-0.15, -0.1) is 0 Å². The zero-order valence-electron chi connectivity index (χ0n) is 41.8. The van der Waals surface area contributed by atoms with Crippen molar-refractivity contribution in [2.24, 2.45) is 18.5 Å². The van der Waals surface area contributed by atoms with Gasteiger partial charge in [0.1, 0.15) is 0 Å². The fourth-order valence-electron chi connectivity index (χ4n) is 14.1. The van der Waals surface area contributed by atoms with Crippen LogP contribution < -0.4 is 0 Å². The van der Waals surface area contributed by atoms with Crippen LogP contribution in [-0.4, -0.2) is 178 Å². The van der Waals surface area contributed by atoms with E-state index in [1.54, 1.807) is 0 Å². The molecule has 2 aromatic rings. The molecule has 0 N–H and O–H groups in total. The average Bonchev–Trinajstić information content (AvgIpc) is 4.21. The number of hydrogen-bond donors (Lipinski definition) is 0. The van der Waals surface area contributed by atoms with Gasteiger partial charge in [-0.3, -0.25) is 0 Å². The van der Waals surface area contributed by atoms with E-state index in [-0.39, 0.29) is 0 Å². The third kappa shape index (κ3) is 8.76. The molecule has 10 aliphatic heterocycles. The molecule has 2 aromatic carbocycles. The van der Waals surface area contributed by atoms with Gasteiger partial charge in [-0.2, -0.15) is 9.03 Å². The molecule has 10 aliphatic rings. The van der Waals surface area contributed by atoms with Gasteiger partial charge in [0.05, 0.1) is 11.4 Å². The summed E-state index contributed by atoms with van der Waals surface area (Å²) in [7, 11) is -9.78. The van der Waals surface area contributed by atoms with Gasteiger partial charge in [0.2, 0.25) is 15.0 Å². The van der Waals surface area contributed by atoms with Gasteiger partial charge in [0.25, 0.3) is 0 Å². The number of nitrogens with zero attached hydrogens (tertiary/aromatic N) is 14. The Morgan fingerprint density at radius 2 is 0.471 bits per heavy atom. The monoisotopic (exact) mass is 1010 g/mol. The van der Waals surface area contributed by atoms with E-state index in [0.29, 0.717) is 0 Å². The molecule has 0 amide bonds. The van der Waals surface area contributed by atoms with Crippen LogP contribution in [-0.2, 0) is 0 Å². The summed E-state index contributed by atoms with van der Waals surface area (Å²) in [5.74, 6) is 0. The Kier molecular flexibility index (Phi) is 15.0. The van der Waals surface area contributed by atoms with Gasteiger partial charge >= 0.3 is 0 Å². The molecular weight excluding hydrogens is 921 g/mol. The van der Waals surface area contributed by atoms with Crippen LogP contribution in [0.4, 0.5) is 11.4 Å². The Labute approximate surface area is 411 Å². The van der Waals surface area contributed by atoms with Crippen molar-refractivity contribution in [2.75, 3.05) is 131 Å². The van der Waals surface area contributed by atoms with Crippen LogP contribution in [0, 0.1) is 0 Å². The van der Waals surface area contributed by atoms with Crippen LogP contribution in [0.25, 0.3) is 10.8 Å². The summed E-state index contributed by atoms with van der Waals surface area (Å²) in [5.41, 5.74) is 2.28. The molecule has 10 fully saturated rings. The molecule has 0 radical (unpaired) electrons. The van der Waals surface area contributed by atoms with Crippen LogP contribution in [0.1, 0.15) is 128 Å². The summed E-state index contributed by atoms with van der Waals surface area (Å²) in [6, 6.07) is 14.2. The summed E-state index contributed by atoms with van der Waals surface area (Å²) in [6.07, 6.45) is 25.5. The smallest absolute Gasteiger partial charge is 0.218 e. The van der Waals surface area contributed by atoms with E-state index in [2.05, 4.69) is 83.1 Å². The highest BCUT2D eigenvalue weighted by atomic mass is 31.2. The predicted molar refractivity (Wildman–Crippen MR) is 289 cm³/mol. The number of fused-ring (bicyclic) bond motifs is 1. The molecule has 14 nitrogen and oxygen atoms in total. The van der Waals surface area contributed by atoms with Crippen LogP contribution in [0.3, 0.4) is 0 Å². The first-order chi connectivity index (χ1) is 33.6. The number of benzene rings is 2. The lowest BCUT2D eigenvalue weighted by Crippen LogP contribution is -2.39. The molecular formula is C50H86N14P4. The SMILES string of the molecule is c1cc(N=P(N=P(N2CCCC2)(N2CCCC2)N2CCCC2)(N2CCCC2)N2CCCC2)c2c(N=P(N=P(N3CCCC3)(N3CCCC3)N3CCCC3)(N3CCCC3)N3CCCC3)cccc2c1. The van der Waals surface area contributed by atoms with Crippen molar-refractivity contribution >= 4 is 52.2 Å². The number of rotatable bonds is 14. The van der Waals surface area contributed by atoms with E-state index in [1.807, 2.05) is 0 Å². The Balaban J connectivity index is 1.15. The Morgan fingerprint density at radius 3 is 0.691 bits per heavy atom. The molecule has 68 heavy (non-hydrogen) atoms. The van der Waals surface area contributed by atoms with E-state index in [4.69, 9.17) is 18.5 Å². The first kappa shape index (κ1) is 48.2. The molecule has 0 bridgehead atoms. The van der Waals surface area contributed by atoms with Gasteiger partial charge < -0.3 is 0 Å². The van der Waals surface area contributed by atoms with Gasteiger partial charge in [-0.25, -0.2) is 56.2 Å². The standard InChI is InChI=1S/C50H86N14P4/c1-2-28-55(27-1)65(56-29-3-4-30-56,53-67(59-35-9-10-36-59,60-37-11-12-38-60)61-39-13-14-40-61)51-48-25-21-23-47-24-22-26-49(50(47)48)52-66(57-31-5-6-32-57,58-33-7-8-34-58)54-68(62-41-15-16-42-62,63-43-17-18-44-63)64-45-19-20-46-64/h21-26H,1-20,27-46H2. The van der Waals surface area contributed by atoms with Crippen LogP contribution in [0.5, 0.6) is 0 Å². The van der Waals surface area contributed by atoms with Crippen molar-refractivity contribution in [1.82, 2.24) is 46.7 Å². The summed E-state index contributed by atoms with van der Waals surface area (Å²) < 4.78 is 56.2. The van der Waals surface area contributed by atoms with Crippen molar-refractivity contribution < 1.29 is 0 Å². The predicted octanol–water partition coefficient (Wildman–Crippen LogP) is 12.8. The molecule has 0 unspecified atom stereocenters. The van der Waals surface area contributed by atoms with Gasteiger partial charge in [-0.1, -0.05) is 24.3 Å². The molecule has 0 aromatic heterocycles. The average molecular weight is 1010 g/mol. The zero-order valence-corrected chi connectivity index (χ0v) is 45.4. The third-order valence-electron chi connectivity index (χ3n) is 17.4. The Morgan fingerprint density at radius 1 is 0.265 bits per heavy atom. The lowest BCUT2D eigenvalue weighted by atomic mass is 10.1. The van der Waals surface area contributed by atoms with E-state index in [0.717, 1.165) is 63.7 Å². The minimum atomic E-state index is -2.64. The van der Waals surface area contributed by atoms with Crippen molar-refractivity contribution in [3.63, 3.8) is 0 Å². The maximum atomic E-state index is 6.88. The summed E-state index contributed by atoms with van der Waals surface area (Å²) >= 11 is 0. The van der Waals surface area contributed by atoms with Gasteiger partial charge in [-0.05, 0) is 146 Å². The highest BCUT2D eigenvalue weighted by Crippen LogP contribution is 2.76. The number of hydrogen-bond acceptors (Lipinski definition) is 2. The second kappa shape index (κ2) is 21.2. The molecule has 10 heterocycles. The molecule has 12 rings (SSSR count). The molecule has 0 spiro atoms. The summed E-state index contributed by atoms with van der Waals surface area (Å²) in [4.78, 5) is 0. The highest BCUT2D eigenvalue weighted by Gasteiger charge is 2.51. The minimum Gasteiger partial charge on any atom is -0.245 e. The zero-order chi connectivity index (χ0) is 45.4. The molecule has 0 aliphatic carbocycles. The fourth-order valence-corrected chi connectivity index (χ4v) is 34.0. The maximum absolute atomic E-state index is 6.88. The molecule has 0 saturated carbocycles. The van der Waals surface area contributed by atoms with Crippen LogP contribution in [0.2, 0.25) is 0 Å². The van der Waals surface area contributed by atoms with Crippen molar-refractivity contribution in [3.05, 3.63) is 36.4 Å².